The summed E-state index contributed by atoms with van der Waals surface area (Å²) in [7, 11) is 0. The number of thioether (sulfide) groups is 1. The minimum atomic E-state index is -0.477. The van der Waals surface area contributed by atoms with Gasteiger partial charge in [-0.05, 0) is 18.2 Å². The molecule has 1 aromatic rings. The van der Waals surface area contributed by atoms with Crippen LogP contribution in [0.15, 0.2) is 23.1 Å². The van der Waals surface area contributed by atoms with Crippen LogP contribution in [0.1, 0.15) is 6.42 Å². The molecule has 6 heteroatoms. The summed E-state index contributed by atoms with van der Waals surface area (Å²) in [6.45, 7) is 0.347. The number of nitriles is 1. The Labute approximate surface area is 108 Å². The fourth-order valence-corrected chi connectivity index (χ4v) is 2.03. The molecule has 0 aliphatic rings. The second-order valence-corrected chi connectivity index (χ2v) is 4.58. The number of benzene rings is 1. The molecule has 0 heterocycles. The standard InChI is InChI=1S/C11H10ClFN2OS/c12-9-6-8(2-3-10(9)13)17-7-11(16)15-5-1-4-14/h2-3,6H,1,5,7H2,(H,15,16). The van der Waals surface area contributed by atoms with Crippen molar-refractivity contribution >= 4 is 29.3 Å². The maximum Gasteiger partial charge on any atom is 0.230 e. The van der Waals surface area contributed by atoms with Crippen molar-refractivity contribution in [1.29, 1.82) is 5.26 Å². The summed E-state index contributed by atoms with van der Waals surface area (Å²) in [5.74, 6) is -0.423. The van der Waals surface area contributed by atoms with Gasteiger partial charge in [-0.1, -0.05) is 11.6 Å². The molecule has 17 heavy (non-hydrogen) atoms. The zero-order valence-corrected chi connectivity index (χ0v) is 10.4. The first-order valence-corrected chi connectivity index (χ1v) is 6.21. The average molecular weight is 273 g/mol. The fourth-order valence-electron chi connectivity index (χ4n) is 1.02. The van der Waals surface area contributed by atoms with E-state index in [2.05, 4.69) is 5.32 Å². The maximum absolute atomic E-state index is 12.9. The molecule has 1 aromatic carbocycles. The number of hydrogen-bond acceptors (Lipinski definition) is 3. The average Bonchev–Trinajstić information content (AvgIpc) is 2.31. The largest absolute Gasteiger partial charge is 0.354 e. The lowest BCUT2D eigenvalue weighted by Gasteiger charge is -2.03. The van der Waals surface area contributed by atoms with Crippen molar-refractivity contribution in [3.63, 3.8) is 0 Å². The normalized spacial score (nSPS) is 9.71. The summed E-state index contributed by atoms with van der Waals surface area (Å²) in [5.41, 5.74) is 0. The van der Waals surface area contributed by atoms with Gasteiger partial charge in [0.15, 0.2) is 0 Å². The molecule has 0 radical (unpaired) electrons. The van der Waals surface area contributed by atoms with Crippen LogP contribution in [0.4, 0.5) is 4.39 Å². The molecule has 3 nitrogen and oxygen atoms in total. The second kappa shape index (κ2) is 7.15. The van der Waals surface area contributed by atoms with Crippen LogP contribution >= 0.6 is 23.4 Å². The van der Waals surface area contributed by atoms with Gasteiger partial charge in [0, 0.05) is 11.4 Å². The number of nitrogens with one attached hydrogen (secondary N) is 1. The van der Waals surface area contributed by atoms with Crippen molar-refractivity contribution in [3.05, 3.63) is 29.0 Å². The predicted octanol–water partition coefficient (Wildman–Crippen LogP) is 2.60. The Bertz CT molecular complexity index is 448. The third kappa shape index (κ3) is 5.07. The van der Waals surface area contributed by atoms with Crippen LogP contribution in [0.25, 0.3) is 0 Å². The summed E-state index contributed by atoms with van der Waals surface area (Å²) in [5, 5.41) is 10.9. The molecular weight excluding hydrogens is 263 g/mol. The van der Waals surface area contributed by atoms with Gasteiger partial charge in [-0.15, -0.1) is 11.8 Å². The van der Waals surface area contributed by atoms with Gasteiger partial charge in [0.2, 0.25) is 5.91 Å². The minimum absolute atomic E-state index is 0.0416. The zero-order valence-electron chi connectivity index (χ0n) is 8.87. The first-order valence-electron chi connectivity index (χ1n) is 4.85. The van der Waals surface area contributed by atoms with Gasteiger partial charge in [-0.3, -0.25) is 4.79 Å². The molecule has 90 valence electrons. The van der Waals surface area contributed by atoms with Gasteiger partial charge in [0.1, 0.15) is 5.82 Å². The highest BCUT2D eigenvalue weighted by Gasteiger charge is 2.04. The number of amides is 1. The Morgan fingerprint density at radius 2 is 2.35 bits per heavy atom. The molecule has 0 unspecified atom stereocenters. The molecule has 0 saturated carbocycles. The van der Waals surface area contributed by atoms with Crippen molar-refractivity contribution in [3.8, 4) is 6.07 Å². The third-order valence-electron chi connectivity index (χ3n) is 1.82. The third-order valence-corrected chi connectivity index (χ3v) is 3.10. The van der Waals surface area contributed by atoms with Gasteiger partial charge in [0.25, 0.3) is 0 Å². The van der Waals surface area contributed by atoms with Gasteiger partial charge in [-0.25, -0.2) is 4.39 Å². The van der Waals surface area contributed by atoms with Crippen LogP contribution in [0.2, 0.25) is 5.02 Å². The van der Waals surface area contributed by atoms with Crippen LogP contribution in [-0.2, 0) is 4.79 Å². The number of nitrogens with zero attached hydrogens (tertiary/aromatic N) is 1. The fraction of sp³-hybridized carbons (Fsp3) is 0.273. The minimum Gasteiger partial charge on any atom is -0.354 e. The zero-order chi connectivity index (χ0) is 12.7. The Morgan fingerprint density at radius 1 is 1.59 bits per heavy atom. The Kier molecular flexibility index (Phi) is 5.81. The summed E-state index contributed by atoms with van der Waals surface area (Å²) < 4.78 is 12.9. The monoisotopic (exact) mass is 272 g/mol. The number of hydrogen-bond donors (Lipinski definition) is 1. The Balaban J connectivity index is 2.37. The molecular formula is C11H10ClFN2OS. The van der Waals surface area contributed by atoms with Crippen molar-refractivity contribution in [2.45, 2.75) is 11.3 Å². The van der Waals surface area contributed by atoms with E-state index in [0.717, 1.165) is 4.90 Å². The van der Waals surface area contributed by atoms with Crippen molar-refractivity contribution in [2.24, 2.45) is 0 Å². The molecule has 0 fully saturated rings. The van der Waals surface area contributed by atoms with Crippen LogP contribution in [0.5, 0.6) is 0 Å². The molecule has 0 spiro atoms. The number of rotatable bonds is 5. The predicted molar refractivity (Wildman–Crippen MR) is 65.4 cm³/mol. The lowest BCUT2D eigenvalue weighted by molar-refractivity contribution is -0.118. The lowest BCUT2D eigenvalue weighted by Crippen LogP contribution is -2.25. The SMILES string of the molecule is N#CCCNC(=O)CSc1ccc(F)c(Cl)c1. The van der Waals surface area contributed by atoms with E-state index < -0.39 is 5.82 Å². The number of carbonyl (C=O) groups is 1. The molecule has 0 aromatic heterocycles. The van der Waals surface area contributed by atoms with E-state index in [1.54, 1.807) is 6.07 Å². The van der Waals surface area contributed by atoms with Crippen LogP contribution < -0.4 is 5.32 Å². The first kappa shape index (κ1) is 13.8. The summed E-state index contributed by atoms with van der Waals surface area (Å²) >= 11 is 6.87. The van der Waals surface area contributed by atoms with Crippen LogP contribution in [-0.4, -0.2) is 18.2 Å². The van der Waals surface area contributed by atoms with Gasteiger partial charge in [-0.2, -0.15) is 5.26 Å². The molecule has 0 aliphatic carbocycles. The molecule has 0 saturated heterocycles. The van der Waals surface area contributed by atoms with E-state index >= 15 is 0 Å². The van der Waals surface area contributed by atoms with E-state index in [4.69, 9.17) is 16.9 Å². The highest BCUT2D eigenvalue weighted by atomic mass is 35.5. The first-order chi connectivity index (χ1) is 8.13. The maximum atomic E-state index is 12.9. The van der Waals surface area contributed by atoms with Crippen LogP contribution in [0.3, 0.4) is 0 Å². The Hall–Kier alpha value is -1.25. The summed E-state index contributed by atoms with van der Waals surface area (Å²) in [4.78, 5) is 12.0. The van der Waals surface area contributed by atoms with Crippen LogP contribution in [0, 0.1) is 17.1 Å². The molecule has 0 bridgehead atoms. The highest BCUT2D eigenvalue weighted by Crippen LogP contribution is 2.23. The van der Waals surface area contributed by atoms with Crippen molar-refractivity contribution < 1.29 is 9.18 Å². The summed E-state index contributed by atoms with van der Waals surface area (Å²) in [6, 6.07) is 6.23. The topological polar surface area (TPSA) is 52.9 Å². The number of carbonyl (C=O) groups excluding carboxylic acids is 1. The number of halogens is 2. The molecule has 0 atom stereocenters. The molecule has 1 amide bonds. The highest BCUT2D eigenvalue weighted by molar-refractivity contribution is 8.00. The van der Waals surface area contributed by atoms with Gasteiger partial charge in [0.05, 0.1) is 23.3 Å². The van der Waals surface area contributed by atoms with E-state index in [-0.39, 0.29) is 16.7 Å². The van der Waals surface area contributed by atoms with Gasteiger partial charge >= 0.3 is 0 Å². The van der Waals surface area contributed by atoms with E-state index in [0.29, 0.717) is 13.0 Å². The lowest BCUT2D eigenvalue weighted by atomic mass is 10.3. The smallest absolute Gasteiger partial charge is 0.230 e. The quantitative estimate of drug-likeness (QED) is 0.662. The molecule has 0 aliphatic heterocycles. The second-order valence-electron chi connectivity index (χ2n) is 3.12. The molecule has 1 rings (SSSR count). The Morgan fingerprint density at radius 3 is 3.00 bits per heavy atom. The van der Waals surface area contributed by atoms with E-state index in [9.17, 15) is 9.18 Å². The van der Waals surface area contributed by atoms with Crippen molar-refractivity contribution in [2.75, 3.05) is 12.3 Å². The molecule has 1 N–H and O–H groups in total. The van der Waals surface area contributed by atoms with E-state index in [1.165, 1.54) is 23.9 Å². The van der Waals surface area contributed by atoms with Gasteiger partial charge < -0.3 is 5.32 Å². The van der Waals surface area contributed by atoms with Crippen molar-refractivity contribution in [1.82, 2.24) is 5.32 Å². The van der Waals surface area contributed by atoms with E-state index in [1.807, 2.05) is 6.07 Å². The summed E-state index contributed by atoms with van der Waals surface area (Å²) in [6.07, 6.45) is 0.290.